The van der Waals surface area contributed by atoms with Crippen molar-refractivity contribution in [2.45, 2.75) is 26.2 Å². The van der Waals surface area contributed by atoms with Gasteiger partial charge in [-0.05, 0) is 24.5 Å². The molecule has 0 saturated carbocycles. The maximum absolute atomic E-state index is 4.14. The van der Waals surface area contributed by atoms with Crippen LogP contribution in [0.1, 0.15) is 25.3 Å². The van der Waals surface area contributed by atoms with E-state index in [1.54, 1.807) is 0 Å². The summed E-state index contributed by atoms with van der Waals surface area (Å²) in [6, 6.07) is 2.05. The highest BCUT2D eigenvalue weighted by Crippen LogP contribution is 2.13. The second kappa shape index (κ2) is 3.56. The number of aryl methyl sites for hydroxylation is 1. The van der Waals surface area contributed by atoms with Crippen LogP contribution in [-0.2, 0) is 6.42 Å². The van der Waals surface area contributed by atoms with Gasteiger partial charge in [-0.2, -0.15) is 0 Å². The molecule has 2 aromatic heterocycles. The van der Waals surface area contributed by atoms with Crippen LogP contribution in [0, 0.1) is 6.33 Å². The molecule has 13 heavy (non-hydrogen) atoms. The van der Waals surface area contributed by atoms with E-state index >= 15 is 0 Å². The van der Waals surface area contributed by atoms with Gasteiger partial charge in [0.15, 0.2) is 12.0 Å². The molecule has 2 heterocycles. The molecule has 67 valence electrons. The molecule has 0 aliphatic rings. The molecule has 0 aromatic carbocycles. The molecule has 0 aliphatic heterocycles. The molecule has 0 aliphatic carbocycles. The number of imidazole rings is 1. The SMILES string of the molecule is CCCCc1ccnc2n[c][nH]c12. The number of hydrogen-bond acceptors (Lipinski definition) is 2. The number of nitrogens with zero attached hydrogens (tertiary/aromatic N) is 2. The molecular formula is C10H12N3. The molecule has 0 spiro atoms. The average Bonchev–Trinajstić information content (AvgIpc) is 2.62. The summed E-state index contributed by atoms with van der Waals surface area (Å²) in [6.45, 7) is 2.19. The smallest absolute Gasteiger partial charge is 0.178 e. The Hall–Kier alpha value is -1.38. The van der Waals surface area contributed by atoms with E-state index in [1.807, 2.05) is 12.3 Å². The third kappa shape index (κ3) is 1.54. The van der Waals surface area contributed by atoms with Gasteiger partial charge in [-0.3, -0.25) is 0 Å². The van der Waals surface area contributed by atoms with Gasteiger partial charge >= 0.3 is 0 Å². The number of H-pyrrole nitrogens is 1. The Morgan fingerprint density at radius 1 is 1.54 bits per heavy atom. The lowest BCUT2D eigenvalue weighted by Crippen LogP contribution is -1.88. The molecule has 0 atom stereocenters. The Bertz CT molecular complexity index is 392. The fourth-order valence-corrected chi connectivity index (χ4v) is 1.42. The van der Waals surface area contributed by atoms with Crippen LogP contribution in [0.15, 0.2) is 12.3 Å². The third-order valence-corrected chi connectivity index (χ3v) is 2.16. The van der Waals surface area contributed by atoms with Crippen LogP contribution in [-0.4, -0.2) is 15.0 Å². The van der Waals surface area contributed by atoms with E-state index in [2.05, 4.69) is 28.2 Å². The Balaban J connectivity index is 2.37. The molecule has 1 radical (unpaired) electrons. The first-order chi connectivity index (χ1) is 6.42. The molecule has 0 fully saturated rings. The monoisotopic (exact) mass is 174 g/mol. The van der Waals surface area contributed by atoms with Gasteiger partial charge in [0.25, 0.3) is 0 Å². The highest BCUT2D eigenvalue weighted by Gasteiger charge is 2.02. The van der Waals surface area contributed by atoms with E-state index in [0.29, 0.717) is 0 Å². The van der Waals surface area contributed by atoms with Crippen LogP contribution in [0.4, 0.5) is 0 Å². The summed E-state index contributed by atoms with van der Waals surface area (Å²) >= 11 is 0. The molecule has 2 aromatic rings. The second-order valence-corrected chi connectivity index (χ2v) is 3.12. The number of fused-ring (bicyclic) bond motifs is 1. The zero-order chi connectivity index (χ0) is 9.10. The Labute approximate surface area is 77.2 Å². The second-order valence-electron chi connectivity index (χ2n) is 3.12. The van der Waals surface area contributed by atoms with Gasteiger partial charge in [0.05, 0.1) is 5.52 Å². The lowest BCUT2D eigenvalue weighted by molar-refractivity contribution is 0.797. The van der Waals surface area contributed by atoms with Gasteiger partial charge in [0.1, 0.15) is 0 Å². The first kappa shape index (κ1) is 8.23. The predicted octanol–water partition coefficient (Wildman–Crippen LogP) is 2.10. The minimum absolute atomic E-state index is 0.772. The van der Waals surface area contributed by atoms with Crippen LogP contribution in [0.25, 0.3) is 11.2 Å². The largest absolute Gasteiger partial charge is 0.334 e. The van der Waals surface area contributed by atoms with E-state index in [0.717, 1.165) is 17.6 Å². The summed E-state index contributed by atoms with van der Waals surface area (Å²) in [5.41, 5.74) is 3.10. The minimum atomic E-state index is 0.772. The topological polar surface area (TPSA) is 41.6 Å². The third-order valence-electron chi connectivity index (χ3n) is 2.16. The summed E-state index contributed by atoms with van der Waals surface area (Å²) in [5, 5.41) is 0. The van der Waals surface area contributed by atoms with E-state index in [9.17, 15) is 0 Å². The predicted molar refractivity (Wildman–Crippen MR) is 51.3 cm³/mol. The summed E-state index contributed by atoms with van der Waals surface area (Å²) < 4.78 is 0. The van der Waals surface area contributed by atoms with Crippen molar-refractivity contribution in [2.75, 3.05) is 0 Å². The number of unbranched alkanes of at least 4 members (excludes halogenated alkanes) is 1. The highest BCUT2D eigenvalue weighted by molar-refractivity contribution is 5.73. The zero-order valence-electron chi connectivity index (χ0n) is 7.67. The average molecular weight is 174 g/mol. The van der Waals surface area contributed by atoms with Crippen molar-refractivity contribution < 1.29 is 0 Å². The quantitative estimate of drug-likeness (QED) is 0.774. The maximum Gasteiger partial charge on any atom is 0.178 e. The molecule has 0 bridgehead atoms. The van der Waals surface area contributed by atoms with Gasteiger partial charge in [-0.15, -0.1) is 0 Å². The van der Waals surface area contributed by atoms with Gasteiger partial charge in [-0.1, -0.05) is 13.3 Å². The van der Waals surface area contributed by atoms with E-state index in [4.69, 9.17) is 0 Å². The summed E-state index contributed by atoms with van der Waals surface area (Å²) in [6.07, 6.45) is 8.03. The molecule has 0 amide bonds. The molecule has 3 nitrogen and oxygen atoms in total. The number of aromatic amines is 1. The van der Waals surface area contributed by atoms with Gasteiger partial charge < -0.3 is 4.98 Å². The molecule has 0 unspecified atom stereocenters. The normalized spacial score (nSPS) is 10.8. The number of aromatic nitrogens is 3. The number of hydrogen-bond donors (Lipinski definition) is 1. The van der Waals surface area contributed by atoms with Gasteiger partial charge in [0.2, 0.25) is 0 Å². The molecular weight excluding hydrogens is 162 g/mol. The van der Waals surface area contributed by atoms with Crippen molar-refractivity contribution in [1.29, 1.82) is 0 Å². The zero-order valence-corrected chi connectivity index (χ0v) is 7.67. The first-order valence-corrected chi connectivity index (χ1v) is 4.61. The van der Waals surface area contributed by atoms with Crippen molar-refractivity contribution in [2.24, 2.45) is 0 Å². The lowest BCUT2D eigenvalue weighted by atomic mass is 10.1. The standard InChI is InChI=1S/C10H12N3/c1-2-3-4-8-5-6-11-10-9(8)12-7-13-10/h5-6H,2-4H2,1H3,(H,11,12,13). The maximum atomic E-state index is 4.14. The fourth-order valence-electron chi connectivity index (χ4n) is 1.42. The van der Waals surface area contributed by atoms with E-state index in [1.165, 1.54) is 18.4 Å². The Morgan fingerprint density at radius 3 is 3.31 bits per heavy atom. The molecule has 0 saturated heterocycles. The molecule has 2 rings (SSSR count). The van der Waals surface area contributed by atoms with Crippen LogP contribution >= 0.6 is 0 Å². The highest BCUT2D eigenvalue weighted by atomic mass is 14.9. The van der Waals surface area contributed by atoms with Crippen molar-refractivity contribution in [3.8, 4) is 0 Å². The number of pyridine rings is 1. The van der Waals surface area contributed by atoms with Crippen molar-refractivity contribution in [1.82, 2.24) is 15.0 Å². The Kier molecular flexibility index (Phi) is 2.25. The lowest BCUT2D eigenvalue weighted by Gasteiger charge is -1.99. The molecule has 3 heteroatoms. The Morgan fingerprint density at radius 2 is 2.46 bits per heavy atom. The summed E-state index contributed by atoms with van der Waals surface area (Å²) in [4.78, 5) is 11.1. The number of nitrogens with one attached hydrogen (secondary N) is 1. The van der Waals surface area contributed by atoms with Crippen molar-refractivity contribution in [3.05, 3.63) is 24.2 Å². The number of rotatable bonds is 3. The summed E-state index contributed by atoms with van der Waals surface area (Å²) in [7, 11) is 0. The minimum Gasteiger partial charge on any atom is -0.334 e. The van der Waals surface area contributed by atoms with E-state index in [-0.39, 0.29) is 0 Å². The van der Waals surface area contributed by atoms with Gasteiger partial charge in [0, 0.05) is 6.20 Å². The van der Waals surface area contributed by atoms with Crippen molar-refractivity contribution in [3.63, 3.8) is 0 Å². The van der Waals surface area contributed by atoms with E-state index < -0.39 is 0 Å². The first-order valence-electron chi connectivity index (χ1n) is 4.61. The van der Waals surface area contributed by atoms with Crippen LogP contribution in [0.3, 0.4) is 0 Å². The van der Waals surface area contributed by atoms with Crippen molar-refractivity contribution >= 4 is 11.2 Å². The van der Waals surface area contributed by atoms with Gasteiger partial charge in [-0.25, -0.2) is 9.97 Å². The van der Waals surface area contributed by atoms with Crippen LogP contribution in [0.5, 0.6) is 0 Å². The van der Waals surface area contributed by atoms with Crippen LogP contribution in [0.2, 0.25) is 0 Å². The molecule has 1 N–H and O–H groups in total. The summed E-state index contributed by atoms with van der Waals surface area (Å²) in [5.74, 6) is 0. The van der Waals surface area contributed by atoms with Crippen LogP contribution < -0.4 is 0 Å². The fraction of sp³-hybridized carbons (Fsp3) is 0.400.